The van der Waals surface area contributed by atoms with Gasteiger partial charge in [-0.2, -0.15) is 18.2 Å². The highest BCUT2D eigenvalue weighted by molar-refractivity contribution is 5.51. The van der Waals surface area contributed by atoms with E-state index in [0.29, 0.717) is 5.56 Å². The van der Waals surface area contributed by atoms with Gasteiger partial charge in [0.25, 0.3) is 0 Å². The Balaban J connectivity index is 2.12. The molecule has 0 spiro atoms. The van der Waals surface area contributed by atoms with Crippen LogP contribution in [0.2, 0.25) is 0 Å². The van der Waals surface area contributed by atoms with Gasteiger partial charge in [-0.15, -0.1) is 0 Å². The summed E-state index contributed by atoms with van der Waals surface area (Å²) in [7, 11) is 0. The summed E-state index contributed by atoms with van der Waals surface area (Å²) in [5, 5.41) is 12.4. The highest BCUT2D eigenvalue weighted by atomic mass is 19.4. The molecule has 0 aliphatic carbocycles. The van der Waals surface area contributed by atoms with Gasteiger partial charge in [-0.25, -0.2) is 0 Å². The number of aromatic nitrogens is 3. The topological polar surface area (TPSA) is 72.0 Å². The van der Waals surface area contributed by atoms with Crippen LogP contribution in [0.15, 0.2) is 29.0 Å². The van der Waals surface area contributed by atoms with Crippen molar-refractivity contribution in [3.05, 3.63) is 30.4 Å². The fraction of sp³-hybridized carbons (Fsp3) is 0.300. The highest BCUT2D eigenvalue weighted by Crippen LogP contribution is 2.23. The van der Waals surface area contributed by atoms with Crippen molar-refractivity contribution in [1.29, 1.82) is 0 Å². The zero-order valence-electron chi connectivity index (χ0n) is 8.92. The quantitative estimate of drug-likeness (QED) is 0.906. The Labute approximate surface area is 99.3 Å². The molecule has 0 saturated carbocycles. The smallest absolute Gasteiger partial charge is 0.383 e. The summed E-state index contributed by atoms with van der Waals surface area (Å²) >= 11 is 0. The van der Waals surface area contributed by atoms with Gasteiger partial charge in [-0.05, 0) is 12.1 Å². The van der Waals surface area contributed by atoms with Gasteiger partial charge in [-0.1, -0.05) is 5.16 Å². The van der Waals surface area contributed by atoms with E-state index in [9.17, 15) is 13.2 Å². The van der Waals surface area contributed by atoms with E-state index in [4.69, 9.17) is 5.11 Å². The lowest BCUT2D eigenvalue weighted by Gasteiger charge is -2.11. The molecule has 5 nitrogen and oxygen atoms in total. The van der Waals surface area contributed by atoms with Crippen LogP contribution in [-0.2, 0) is 6.42 Å². The number of nitrogens with zero attached hydrogens (tertiary/aromatic N) is 3. The van der Waals surface area contributed by atoms with E-state index in [0.717, 1.165) is 0 Å². The van der Waals surface area contributed by atoms with Crippen molar-refractivity contribution in [1.82, 2.24) is 15.1 Å². The number of hydrogen-bond donors (Lipinski definition) is 1. The number of hydrogen-bond acceptors (Lipinski definition) is 5. The van der Waals surface area contributed by atoms with E-state index >= 15 is 0 Å². The summed E-state index contributed by atoms with van der Waals surface area (Å²) in [6, 6.07) is 3.28. The maximum absolute atomic E-state index is 12.1. The van der Waals surface area contributed by atoms with Gasteiger partial charge in [-0.3, -0.25) is 4.98 Å². The summed E-state index contributed by atoms with van der Waals surface area (Å²) in [6.45, 7) is 0. The van der Waals surface area contributed by atoms with E-state index < -0.39 is 18.7 Å². The largest absolute Gasteiger partial charge is 0.414 e. The predicted octanol–water partition coefficient (Wildman–Crippen LogP) is 1.60. The van der Waals surface area contributed by atoms with Gasteiger partial charge in [0.15, 0.2) is 6.10 Å². The van der Waals surface area contributed by atoms with E-state index in [1.165, 1.54) is 12.4 Å². The third-order valence-corrected chi connectivity index (χ3v) is 2.13. The van der Waals surface area contributed by atoms with Crippen molar-refractivity contribution in [2.24, 2.45) is 0 Å². The molecule has 0 saturated heterocycles. The molecule has 0 radical (unpaired) electrons. The zero-order valence-corrected chi connectivity index (χ0v) is 8.92. The van der Waals surface area contributed by atoms with Gasteiger partial charge >= 0.3 is 6.18 Å². The Morgan fingerprint density at radius 2 is 2.17 bits per heavy atom. The third kappa shape index (κ3) is 2.83. The molecule has 2 aromatic rings. The Morgan fingerprint density at radius 1 is 1.39 bits per heavy atom. The van der Waals surface area contributed by atoms with Crippen LogP contribution >= 0.6 is 0 Å². The molecule has 1 N–H and O–H groups in total. The van der Waals surface area contributed by atoms with Crippen LogP contribution in [0.4, 0.5) is 13.2 Å². The first kappa shape index (κ1) is 12.5. The first-order chi connectivity index (χ1) is 8.47. The molecule has 2 rings (SSSR count). The molecular formula is C10H8F3N3O2. The average Bonchev–Trinajstić information content (AvgIpc) is 2.77. The number of alkyl halides is 3. The molecule has 18 heavy (non-hydrogen) atoms. The van der Waals surface area contributed by atoms with Crippen LogP contribution in [0, 0.1) is 0 Å². The third-order valence-electron chi connectivity index (χ3n) is 2.13. The second-order valence-corrected chi connectivity index (χ2v) is 3.51. The van der Waals surface area contributed by atoms with Gasteiger partial charge in [0, 0.05) is 18.0 Å². The number of aliphatic hydroxyl groups excluding tert-OH is 1. The van der Waals surface area contributed by atoms with E-state index in [1.54, 1.807) is 12.1 Å². The fourth-order valence-corrected chi connectivity index (χ4v) is 1.23. The Morgan fingerprint density at radius 3 is 2.78 bits per heavy atom. The second-order valence-electron chi connectivity index (χ2n) is 3.51. The van der Waals surface area contributed by atoms with Crippen LogP contribution in [0.5, 0.6) is 0 Å². The summed E-state index contributed by atoms with van der Waals surface area (Å²) in [6.07, 6.45) is -4.99. The number of rotatable bonds is 3. The summed E-state index contributed by atoms with van der Waals surface area (Å²) < 4.78 is 41.0. The lowest BCUT2D eigenvalue weighted by Crippen LogP contribution is -2.30. The molecule has 1 atom stereocenters. The molecule has 0 aromatic carbocycles. The SMILES string of the molecule is OC(Cc1nc(-c2cccnc2)no1)C(F)(F)F. The fourth-order valence-electron chi connectivity index (χ4n) is 1.23. The normalized spacial score (nSPS) is 13.6. The summed E-state index contributed by atoms with van der Waals surface area (Å²) in [4.78, 5) is 7.58. The zero-order chi connectivity index (χ0) is 13.2. The standard InChI is InChI=1S/C10H8F3N3O2/c11-10(12,13)7(17)4-8-15-9(16-18-8)6-2-1-3-14-5-6/h1-3,5,7,17H,4H2. The van der Waals surface area contributed by atoms with E-state index in [2.05, 4.69) is 19.6 Å². The predicted molar refractivity (Wildman–Crippen MR) is 53.3 cm³/mol. The lowest BCUT2D eigenvalue weighted by atomic mass is 10.2. The highest BCUT2D eigenvalue weighted by Gasteiger charge is 2.39. The molecule has 0 amide bonds. The second kappa shape index (κ2) is 4.73. The number of halogens is 3. The van der Waals surface area contributed by atoms with Gasteiger partial charge < -0.3 is 9.63 Å². The maximum atomic E-state index is 12.1. The molecule has 0 aliphatic heterocycles. The lowest BCUT2D eigenvalue weighted by molar-refractivity contribution is -0.204. The van der Waals surface area contributed by atoms with Crippen molar-refractivity contribution in [2.45, 2.75) is 18.7 Å². The Bertz CT molecular complexity index is 513. The Kier molecular flexibility index (Phi) is 3.28. The van der Waals surface area contributed by atoms with Crippen LogP contribution in [-0.4, -0.2) is 32.5 Å². The van der Waals surface area contributed by atoms with E-state index in [-0.39, 0.29) is 11.7 Å². The molecule has 1 unspecified atom stereocenters. The van der Waals surface area contributed by atoms with Gasteiger partial charge in [0.05, 0.1) is 6.42 Å². The van der Waals surface area contributed by atoms with Gasteiger partial charge in [0.2, 0.25) is 11.7 Å². The summed E-state index contributed by atoms with van der Waals surface area (Å²) in [5.41, 5.74) is 0.522. The minimum absolute atomic E-state index is 0.132. The van der Waals surface area contributed by atoms with Gasteiger partial charge in [0.1, 0.15) is 0 Å². The molecular weight excluding hydrogens is 251 g/mol. The Hall–Kier alpha value is -1.96. The van der Waals surface area contributed by atoms with Crippen LogP contribution in [0.3, 0.4) is 0 Å². The van der Waals surface area contributed by atoms with Crippen LogP contribution in [0.25, 0.3) is 11.4 Å². The first-order valence-corrected chi connectivity index (χ1v) is 4.94. The van der Waals surface area contributed by atoms with Crippen molar-refractivity contribution >= 4 is 0 Å². The van der Waals surface area contributed by atoms with Crippen molar-refractivity contribution < 1.29 is 22.8 Å². The average molecular weight is 259 g/mol. The molecule has 2 aromatic heterocycles. The monoisotopic (exact) mass is 259 g/mol. The first-order valence-electron chi connectivity index (χ1n) is 4.94. The summed E-state index contributed by atoms with van der Waals surface area (Å²) in [5.74, 6) is -0.147. The van der Waals surface area contributed by atoms with Crippen molar-refractivity contribution in [3.63, 3.8) is 0 Å². The molecule has 96 valence electrons. The van der Waals surface area contributed by atoms with E-state index in [1.807, 2.05) is 0 Å². The molecule has 0 fully saturated rings. The minimum atomic E-state index is -4.71. The minimum Gasteiger partial charge on any atom is -0.383 e. The molecule has 2 heterocycles. The number of pyridine rings is 1. The van der Waals surface area contributed by atoms with Crippen LogP contribution in [0.1, 0.15) is 5.89 Å². The van der Waals surface area contributed by atoms with Crippen molar-refractivity contribution in [3.8, 4) is 11.4 Å². The molecule has 0 bridgehead atoms. The molecule has 0 aliphatic rings. The number of aliphatic hydroxyl groups is 1. The maximum Gasteiger partial charge on any atom is 0.414 e. The van der Waals surface area contributed by atoms with Crippen molar-refractivity contribution in [2.75, 3.05) is 0 Å². The van der Waals surface area contributed by atoms with Crippen LogP contribution < -0.4 is 0 Å². The molecule has 8 heteroatoms.